The van der Waals surface area contributed by atoms with Gasteiger partial charge in [0.1, 0.15) is 0 Å². The molecule has 2 amide bonds. The number of hydrogen-bond donors (Lipinski definition) is 4. The maximum absolute atomic E-state index is 12.5. The van der Waals surface area contributed by atoms with Crippen molar-refractivity contribution in [2.45, 2.75) is 25.3 Å². The molecule has 0 spiro atoms. The summed E-state index contributed by atoms with van der Waals surface area (Å²) in [6.07, 6.45) is 2.30. The monoisotopic (exact) mass is 440 g/mol. The summed E-state index contributed by atoms with van der Waals surface area (Å²) in [5.41, 5.74) is 6.63. The van der Waals surface area contributed by atoms with E-state index >= 15 is 0 Å². The van der Waals surface area contributed by atoms with Gasteiger partial charge in [-0.1, -0.05) is 24.1 Å². The second-order valence-electron chi connectivity index (χ2n) is 7.39. The molecule has 160 valence electrons. The first-order valence-corrected chi connectivity index (χ1v) is 10.2. The molecular formula is C21H21ClN6O3. The molecule has 4 rings (SSSR count). The van der Waals surface area contributed by atoms with Crippen LogP contribution < -0.4 is 22.1 Å². The van der Waals surface area contributed by atoms with Crippen molar-refractivity contribution in [3.8, 4) is 5.69 Å². The van der Waals surface area contributed by atoms with Gasteiger partial charge in [-0.15, -0.1) is 5.10 Å². The number of primary amides is 1. The van der Waals surface area contributed by atoms with Crippen LogP contribution in [0.2, 0.25) is 5.02 Å². The van der Waals surface area contributed by atoms with Crippen LogP contribution in [0.1, 0.15) is 29.6 Å². The van der Waals surface area contributed by atoms with Crippen molar-refractivity contribution < 1.29 is 9.59 Å². The Balaban J connectivity index is 1.43. The normalized spacial score (nSPS) is 18.0. The Hall–Kier alpha value is -3.59. The lowest BCUT2D eigenvalue weighted by atomic mass is 10.0. The van der Waals surface area contributed by atoms with Gasteiger partial charge in [-0.05, 0) is 55.3 Å². The van der Waals surface area contributed by atoms with Crippen molar-refractivity contribution in [3.63, 3.8) is 0 Å². The number of rotatable bonds is 6. The first-order valence-electron chi connectivity index (χ1n) is 9.83. The van der Waals surface area contributed by atoms with E-state index in [0.717, 1.165) is 12.8 Å². The van der Waals surface area contributed by atoms with Gasteiger partial charge in [0, 0.05) is 22.3 Å². The number of nitrogens with two attached hydrogens (primary N) is 1. The Morgan fingerprint density at radius 2 is 1.94 bits per heavy atom. The number of aromatic nitrogens is 3. The van der Waals surface area contributed by atoms with Gasteiger partial charge in [0.2, 0.25) is 11.9 Å². The zero-order valence-corrected chi connectivity index (χ0v) is 17.2. The largest absolute Gasteiger partial charge is 0.369 e. The van der Waals surface area contributed by atoms with Crippen LogP contribution in [-0.2, 0) is 4.79 Å². The van der Waals surface area contributed by atoms with E-state index in [1.807, 2.05) is 0 Å². The average molecular weight is 441 g/mol. The molecule has 0 bridgehead atoms. The van der Waals surface area contributed by atoms with E-state index in [-0.39, 0.29) is 29.7 Å². The number of nitrogens with zero attached hydrogens (tertiary/aromatic N) is 2. The first-order chi connectivity index (χ1) is 14.9. The highest BCUT2D eigenvalue weighted by atomic mass is 35.5. The lowest BCUT2D eigenvalue weighted by Gasteiger charge is -2.18. The van der Waals surface area contributed by atoms with Gasteiger partial charge in [0.25, 0.3) is 5.91 Å². The van der Waals surface area contributed by atoms with Crippen molar-refractivity contribution in [2.24, 2.45) is 11.7 Å². The number of benzene rings is 2. The van der Waals surface area contributed by atoms with Gasteiger partial charge < -0.3 is 16.4 Å². The SMILES string of the molecule is NC(=O)[C@H]1CCC[C@@H]1NC(=O)c1ccc(Nc2nn(-c3cccc(Cl)c3)c(=O)[nH]2)cc1. The fraction of sp³-hybridized carbons (Fsp3) is 0.238. The standard InChI is InChI=1S/C21H21ClN6O3/c22-13-3-1-4-15(11-13)28-21(31)26-20(27-28)24-14-9-7-12(8-10-14)19(30)25-17-6-2-5-16(17)18(23)29/h1,3-4,7-11,16-17H,2,5-6H2,(H2,23,29)(H,25,30)(H2,24,26,27,31)/t16-,17-/m0/s1. The van der Waals surface area contributed by atoms with Crippen molar-refractivity contribution in [1.82, 2.24) is 20.1 Å². The van der Waals surface area contributed by atoms with Crippen molar-refractivity contribution >= 4 is 35.1 Å². The molecule has 3 aromatic rings. The highest BCUT2D eigenvalue weighted by Crippen LogP contribution is 2.25. The van der Waals surface area contributed by atoms with E-state index in [9.17, 15) is 14.4 Å². The third-order valence-electron chi connectivity index (χ3n) is 5.28. The number of anilines is 2. The highest BCUT2D eigenvalue weighted by Gasteiger charge is 2.32. The van der Waals surface area contributed by atoms with Crippen LogP contribution in [0.15, 0.2) is 53.3 Å². The fourth-order valence-electron chi connectivity index (χ4n) is 3.73. The second kappa shape index (κ2) is 8.65. The quantitative estimate of drug-likeness (QED) is 0.466. The third-order valence-corrected chi connectivity index (χ3v) is 5.51. The van der Waals surface area contributed by atoms with Crippen LogP contribution >= 0.6 is 11.6 Å². The molecule has 0 radical (unpaired) electrons. The predicted octanol–water partition coefficient (Wildman–Crippen LogP) is 2.34. The number of amides is 2. The molecule has 9 nitrogen and oxygen atoms in total. The van der Waals surface area contributed by atoms with Crippen molar-refractivity contribution in [1.29, 1.82) is 0 Å². The van der Waals surface area contributed by atoms with Gasteiger partial charge in [0.05, 0.1) is 11.6 Å². The van der Waals surface area contributed by atoms with E-state index in [1.54, 1.807) is 48.5 Å². The Kier molecular flexibility index (Phi) is 5.77. The van der Waals surface area contributed by atoms with Gasteiger partial charge in [-0.25, -0.2) is 4.79 Å². The average Bonchev–Trinajstić information content (AvgIpc) is 3.35. The van der Waals surface area contributed by atoms with E-state index in [1.165, 1.54) is 4.68 Å². The molecule has 1 aromatic heterocycles. The molecule has 2 aromatic carbocycles. The van der Waals surface area contributed by atoms with Crippen LogP contribution in [0.3, 0.4) is 0 Å². The minimum Gasteiger partial charge on any atom is -0.369 e. The number of carbonyl (C=O) groups is 2. The van der Waals surface area contributed by atoms with Crippen molar-refractivity contribution in [3.05, 3.63) is 69.6 Å². The Morgan fingerprint density at radius 1 is 1.16 bits per heavy atom. The molecule has 1 fully saturated rings. The molecular weight excluding hydrogens is 420 g/mol. The lowest BCUT2D eigenvalue weighted by Crippen LogP contribution is -2.42. The molecule has 10 heteroatoms. The Labute approximate surface area is 182 Å². The number of nitrogens with one attached hydrogen (secondary N) is 3. The summed E-state index contributed by atoms with van der Waals surface area (Å²) >= 11 is 5.98. The van der Waals surface area contributed by atoms with Crippen LogP contribution in [0.25, 0.3) is 5.69 Å². The molecule has 0 saturated heterocycles. The molecule has 31 heavy (non-hydrogen) atoms. The zero-order chi connectivity index (χ0) is 22.0. The van der Waals surface area contributed by atoms with Crippen molar-refractivity contribution in [2.75, 3.05) is 5.32 Å². The summed E-state index contributed by atoms with van der Waals surface area (Å²) in [7, 11) is 0. The lowest BCUT2D eigenvalue weighted by molar-refractivity contribution is -0.122. The van der Waals surface area contributed by atoms with Crippen LogP contribution in [0.5, 0.6) is 0 Å². The van der Waals surface area contributed by atoms with E-state index in [4.69, 9.17) is 17.3 Å². The predicted molar refractivity (Wildman–Crippen MR) is 117 cm³/mol. The molecule has 1 aliphatic rings. The molecule has 5 N–H and O–H groups in total. The minimum atomic E-state index is -0.415. The molecule has 1 heterocycles. The minimum absolute atomic E-state index is 0.233. The summed E-state index contributed by atoms with van der Waals surface area (Å²) < 4.78 is 1.20. The summed E-state index contributed by atoms with van der Waals surface area (Å²) in [6.45, 7) is 0. The number of H-pyrrole nitrogens is 1. The van der Waals surface area contributed by atoms with Gasteiger partial charge >= 0.3 is 5.69 Å². The summed E-state index contributed by atoms with van der Waals surface area (Å²) in [4.78, 5) is 38.8. The first kappa shape index (κ1) is 20.7. The Morgan fingerprint density at radius 3 is 2.65 bits per heavy atom. The zero-order valence-electron chi connectivity index (χ0n) is 16.5. The smallest absolute Gasteiger partial charge is 0.349 e. The van der Waals surface area contributed by atoms with Gasteiger partial charge in [-0.3, -0.25) is 14.6 Å². The maximum Gasteiger partial charge on any atom is 0.349 e. The van der Waals surface area contributed by atoms with E-state index in [2.05, 4.69) is 20.7 Å². The molecule has 1 aliphatic carbocycles. The fourth-order valence-corrected chi connectivity index (χ4v) is 3.92. The molecule has 1 saturated carbocycles. The molecule has 0 aliphatic heterocycles. The second-order valence-corrected chi connectivity index (χ2v) is 7.83. The summed E-state index contributed by atoms with van der Waals surface area (Å²) in [5, 5.41) is 10.6. The van der Waals surface area contributed by atoms with E-state index in [0.29, 0.717) is 28.4 Å². The number of hydrogen-bond acceptors (Lipinski definition) is 5. The molecule has 2 atom stereocenters. The van der Waals surface area contributed by atoms with E-state index < -0.39 is 5.69 Å². The topological polar surface area (TPSA) is 135 Å². The number of aromatic amines is 1. The van der Waals surface area contributed by atoms with Gasteiger partial charge in [-0.2, -0.15) is 4.68 Å². The highest BCUT2D eigenvalue weighted by molar-refractivity contribution is 6.30. The van der Waals surface area contributed by atoms with Gasteiger partial charge in [0.15, 0.2) is 0 Å². The number of halogens is 1. The molecule has 0 unspecified atom stereocenters. The van der Waals surface area contributed by atoms with Crippen LogP contribution in [0.4, 0.5) is 11.6 Å². The summed E-state index contributed by atoms with van der Waals surface area (Å²) in [5.74, 6) is -0.717. The van der Waals surface area contributed by atoms with Crippen LogP contribution in [-0.4, -0.2) is 32.6 Å². The Bertz CT molecular complexity index is 1170. The van der Waals surface area contributed by atoms with Crippen LogP contribution in [0, 0.1) is 5.92 Å². The third kappa shape index (κ3) is 4.61. The maximum atomic E-state index is 12.5. The number of carbonyl (C=O) groups excluding carboxylic acids is 2. The summed E-state index contributed by atoms with van der Waals surface area (Å²) in [6, 6.07) is 13.3.